The van der Waals surface area contributed by atoms with E-state index in [1.807, 2.05) is 13.8 Å². The van der Waals surface area contributed by atoms with Crippen LogP contribution in [0.15, 0.2) is 53.6 Å². The fourth-order valence-electron chi connectivity index (χ4n) is 4.77. The molecule has 1 aliphatic heterocycles. The number of amides is 1. The zero-order valence-corrected chi connectivity index (χ0v) is 20.9. The van der Waals surface area contributed by atoms with Crippen molar-refractivity contribution in [1.29, 1.82) is 0 Å². The highest BCUT2D eigenvalue weighted by molar-refractivity contribution is 5.79. The largest absolute Gasteiger partial charge is 0.416 e. The third-order valence-corrected chi connectivity index (χ3v) is 6.68. The molecule has 1 N–H and O–H groups in total. The van der Waals surface area contributed by atoms with Gasteiger partial charge in [-0.15, -0.1) is 0 Å². The Hall–Kier alpha value is -4.22. The molecule has 1 atom stereocenters. The summed E-state index contributed by atoms with van der Waals surface area (Å²) in [5.74, 6) is 0.552. The first-order valence-corrected chi connectivity index (χ1v) is 12.3. The summed E-state index contributed by atoms with van der Waals surface area (Å²) in [5.41, 5.74) is 0.456. The molecule has 1 aliphatic rings. The van der Waals surface area contributed by atoms with Crippen LogP contribution in [0.2, 0.25) is 0 Å². The number of rotatable bonds is 5. The summed E-state index contributed by atoms with van der Waals surface area (Å²) >= 11 is 0. The van der Waals surface area contributed by atoms with Crippen LogP contribution in [0, 0.1) is 6.92 Å². The van der Waals surface area contributed by atoms with Crippen molar-refractivity contribution in [2.75, 3.05) is 18.4 Å². The zero-order valence-electron chi connectivity index (χ0n) is 20.9. The number of pyridine rings is 1. The minimum atomic E-state index is -4.46. The molecule has 9 nitrogen and oxygen atoms in total. The van der Waals surface area contributed by atoms with E-state index in [0.717, 1.165) is 30.5 Å². The summed E-state index contributed by atoms with van der Waals surface area (Å²) in [6, 6.07) is 7.78. The molecule has 1 saturated heterocycles. The maximum Gasteiger partial charge on any atom is 0.416 e. The third-order valence-electron chi connectivity index (χ3n) is 6.68. The molecule has 0 radical (unpaired) electrons. The third kappa shape index (κ3) is 4.98. The Morgan fingerprint density at radius 3 is 2.79 bits per heavy atom. The second-order valence-corrected chi connectivity index (χ2v) is 9.27. The summed E-state index contributed by atoms with van der Waals surface area (Å²) in [4.78, 5) is 36.2. The number of benzene rings is 1. The SMILES string of the molecule is CCC(=O)N1CCC[C@@H](n2c(=O)cc(C)c3cnc(Nc4ccn(-c5cccc(C(F)(F)F)c5)n4)nc32)C1. The number of nitrogens with one attached hydrogen (secondary N) is 1. The van der Waals surface area contributed by atoms with E-state index in [2.05, 4.69) is 20.4 Å². The first kappa shape index (κ1) is 25.4. The van der Waals surface area contributed by atoms with Crippen molar-refractivity contribution < 1.29 is 18.0 Å². The minimum absolute atomic E-state index is 0.0486. The Bertz CT molecular complexity index is 1560. The molecule has 38 heavy (non-hydrogen) atoms. The number of anilines is 2. The molecule has 0 aliphatic carbocycles. The van der Waals surface area contributed by atoms with Crippen molar-refractivity contribution in [3.63, 3.8) is 0 Å². The van der Waals surface area contributed by atoms with Crippen LogP contribution >= 0.6 is 0 Å². The molecule has 198 valence electrons. The molecule has 4 heterocycles. The van der Waals surface area contributed by atoms with Crippen molar-refractivity contribution in [3.05, 3.63) is 70.3 Å². The average Bonchev–Trinajstić information content (AvgIpc) is 3.36. The van der Waals surface area contributed by atoms with Crippen molar-refractivity contribution >= 4 is 28.7 Å². The number of fused-ring (bicyclic) bond motifs is 1. The number of carbonyl (C=O) groups is 1. The van der Waals surface area contributed by atoms with Crippen LogP contribution in [0.5, 0.6) is 0 Å². The number of aryl methyl sites for hydroxylation is 1. The van der Waals surface area contributed by atoms with Crippen LogP contribution in [0.4, 0.5) is 24.9 Å². The summed E-state index contributed by atoms with van der Waals surface area (Å²) in [6.45, 7) is 4.73. The van der Waals surface area contributed by atoms with Gasteiger partial charge in [-0.05, 0) is 43.5 Å². The first-order chi connectivity index (χ1) is 18.1. The Morgan fingerprint density at radius 2 is 2.03 bits per heavy atom. The average molecular weight is 526 g/mol. The van der Waals surface area contributed by atoms with E-state index in [1.165, 1.54) is 23.0 Å². The van der Waals surface area contributed by atoms with Gasteiger partial charge in [-0.1, -0.05) is 13.0 Å². The molecule has 5 rings (SSSR count). The van der Waals surface area contributed by atoms with Gasteiger partial charge in [0.25, 0.3) is 5.56 Å². The highest BCUT2D eigenvalue weighted by Gasteiger charge is 2.30. The number of nitrogens with zero attached hydrogens (tertiary/aromatic N) is 6. The highest BCUT2D eigenvalue weighted by atomic mass is 19.4. The second-order valence-electron chi connectivity index (χ2n) is 9.27. The summed E-state index contributed by atoms with van der Waals surface area (Å²) in [5, 5.41) is 8.00. The lowest BCUT2D eigenvalue weighted by molar-refractivity contribution is -0.137. The van der Waals surface area contributed by atoms with E-state index in [1.54, 1.807) is 27.8 Å². The van der Waals surface area contributed by atoms with Gasteiger partial charge < -0.3 is 10.2 Å². The maximum atomic E-state index is 13.1. The van der Waals surface area contributed by atoms with Crippen LogP contribution in [0.3, 0.4) is 0 Å². The molecule has 0 spiro atoms. The molecule has 0 saturated carbocycles. The first-order valence-electron chi connectivity index (χ1n) is 12.3. The fraction of sp³-hybridized carbons (Fsp3) is 0.346. The quantitative estimate of drug-likeness (QED) is 0.408. The summed E-state index contributed by atoms with van der Waals surface area (Å²) < 4.78 is 42.3. The number of hydrogen-bond donors (Lipinski definition) is 1. The van der Waals surface area contributed by atoms with Gasteiger partial charge in [-0.2, -0.15) is 23.3 Å². The molecular formula is C26H26F3N7O2. The monoisotopic (exact) mass is 525 g/mol. The van der Waals surface area contributed by atoms with Gasteiger partial charge in [0.15, 0.2) is 5.82 Å². The minimum Gasteiger partial charge on any atom is -0.341 e. The Balaban J connectivity index is 1.46. The summed E-state index contributed by atoms with van der Waals surface area (Å²) in [7, 11) is 0. The molecule has 0 bridgehead atoms. The number of alkyl halides is 3. The van der Waals surface area contributed by atoms with Gasteiger partial charge in [0.05, 0.1) is 17.3 Å². The molecule has 0 unspecified atom stereocenters. The molecule has 1 amide bonds. The molecule has 3 aromatic heterocycles. The highest BCUT2D eigenvalue weighted by Crippen LogP contribution is 2.30. The molecule has 4 aromatic rings. The Kier molecular flexibility index (Phi) is 6.64. The van der Waals surface area contributed by atoms with E-state index in [0.29, 0.717) is 36.4 Å². The van der Waals surface area contributed by atoms with Crippen molar-refractivity contribution in [2.45, 2.75) is 45.3 Å². The Labute approximate surface area is 215 Å². The lowest BCUT2D eigenvalue weighted by Crippen LogP contribution is -2.42. The van der Waals surface area contributed by atoms with E-state index >= 15 is 0 Å². The molecule has 1 aromatic carbocycles. The maximum absolute atomic E-state index is 13.1. The lowest BCUT2D eigenvalue weighted by atomic mass is 10.0. The smallest absolute Gasteiger partial charge is 0.341 e. The predicted octanol–water partition coefficient (Wildman–Crippen LogP) is 4.62. The normalized spacial score (nSPS) is 16.1. The van der Waals surface area contributed by atoms with Gasteiger partial charge in [-0.3, -0.25) is 14.2 Å². The Morgan fingerprint density at radius 1 is 1.21 bits per heavy atom. The van der Waals surface area contributed by atoms with Crippen molar-refractivity contribution in [1.82, 2.24) is 29.2 Å². The molecule has 1 fully saturated rings. The van der Waals surface area contributed by atoms with Crippen LogP contribution in [-0.2, 0) is 11.0 Å². The van der Waals surface area contributed by atoms with Gasteiger partial charge in [0, 0.05) is 49.4 Å². The van der Waals surface area contributed by atoms with E-state index in [-0.39, 0.29) is 29.1 Å². The topological polar surface area (TPSA) is 97.9 Å². The van der Waals surface area contributed by atoms with Crippen LogP contribution < -0.4 is 10.9 Å². The van der Waals surface area contributed by atoms with Crippen LogP contribution in [0.1, 0.15) is 43.4 Å². The van der Waals surface area contributed by atoms with Gasteiger partial charge in [0.2, 0.25) is 11.9 Å². The van der Waals surface area contributed by atoms with Crippen LogP contribution in [0.25, 0.3) is 16.7 Å². The predicted molar refractivity (Wildman–Crippen MR) is 136 cm³/mol. The van der Waals surface area contributed by atoms with Gasteiger partial charge >= 0.3 is 6.18 Å². The number of carbonyl (C=O) groups excluding carboxylic acids is 1. The standard InChI is InChI=1S/C26H26F3N7O2/c1-3-22(37)34-10-5-8-19(15-34)36-23(38)12-16(2)20-14-30-25(32-24(20)36)31-21-9-11-35(33-21)18-7-4-6-17(13-18)26(27,28)29/h4,6-7,9,11-14,19H,3,5,8,10,15H2,1-2H3,(H,30,31,32,33)/t19-/m1/s1. The molecular weight excluding hydrogens is 499 g/mol. The van der Waals surface area contributed by atoms with Crippen molar-refractivity contribution in [3.8, 4) is 5.69 Å². The number of piperidine rings is 1. The van der Waals surface area contributed by atoms with Crippen LogP contribution in [-0.4, -0.2) is 48.2 Å². The number of halogens is 3. The number of likely N-dealkylation sites (tertiary alicyclic amines) is 1. The number of aromatic nitrogens is 5. The lowest BCUT2D eigenvalue weighted by Gasteiger charge is -2.34. The van der Waals surface area contributed by atoms with Gasteiger partial charge in [-0.25, -0.2) is 9.67 Å². The number of hydrogen-bond acceptors (Lipinski definition) is 6. The van der Waals surface area contributed by atoms with E-state index < -0.39 is 11.7 Å². The summed E-state index contributed by atoms with van der Waals surface area (Å²) in [6.07, 6.45) is 0.606. The van der Waals surface area contributed by atoms with Crippen molar-refractivity contribution in [2.24, 2.45) is 0 Å². The molecule has 12 heteroatoms. The fourth-order valence-corrected chi connectivity index (χ4v) is 4.77. The second kappa shape index (κ2) is 9.92. The zero-order chi connectivity index (χ0) is 27.0. The van der Waals surface area contributed by atoms with E-state index in [9.17, 15) is 22.8 Å². The van der Waals surface area contributed by atoms with Gasteiger partial charge in [0.1, 0.15) is 5.65 Å². The van der Waals surface area contributed by atoms with E-state index in [4.69, 9.17) is 0 Å².